The molecule has 0 spiro atoms. The first-order valence-electron chi connectivity index (χ1n) is 15.4. The number of aliphatic hydroxyl groups excluding tert-OH is 1. The molecule has 7 nitrogen and oxygen atoms in total. The molecule has 1 amide bonds. The van der Waals surface area contributed by atoms with Crippen molar-refractivity contribution in [1.82, 2.24) is 10.2 Å². The lowest BCUT2D eigenvalue weighted by Gasteiger charge is -2.25. The van der Waals surface area contributed by atoms with Crippen LogP contribution in [0.3, 0.4) is 0 Å². The van der Waals surface area contributed by atoms with Crippen molar-refractivity contribution in [3.63, 3.8) is 0 Å². The number of rotatable bonds is 13. The number of benzene rings is 3. The van der Waals surface area contributed by atoms with Crippen molar-refractivity contribution in [2.24, 2.45) is 5.92 Å². The van der Waals surface area contributed by atoms with Crippen LogP contribution in [0.5, 0.6) is 0 Å². The molecule has 3 aromatic rings. The maximum Gasteiger partial charge on any atom is 0.326 e. The Bertz CT molecular complexity index is 1290. The van der Waals surface area contributed by atoms with Crippen molar-refractivity contribution >= 4 is 23.6 Å². The average Bonchev–Trinajstić information content (AvgIpc) is 3.39. The molecule has 0 saturated carbocycles. The molecule has 0 radical (unpaired) electrons. The first-order valence-corrected chi connectivity index (χ1v) is 16.8. The monoisotopic (exact) mass is 622 g/mol. The first-order chi connectivity index (χ1) is 21.4. The number of aliphatic hydroxyl groups is 1. The van der Waals surface area contributed by atoms with E-state index in [0.717, 1.165) is 48.9 Å². The maximum absolute atomic E-state index is 13.4. The number of aliphatic carboxylic acids is 1. The predicted molar refractivity (Wildman–Crippen MR) is 182 cm³/mol. The number of aryl methyl sites for hydroxylation is 1. The fraction of sp³-hybridized carbons (Fsp3) is 0.444. The van der Waals surface area contributed by atoms with Gasteiger partial charge < -0.3 is 20.3 Å². The van der Waals surface area contributed by atoms with Crippen LogP contribution in [0.4, 0.5) is 0 Å². The molecule has 3 N–H and O–H groups in total. The Morgan fingerprint density at radius 1 is 1.00 bits per heavy atom. The molecule has 0 aromatic heterocycles. The predicted octanol–water partition coefficient (Wildman–Crippen LogP) is 6.66. The van der Waals surface area contributed by atoms with Crippen LogP contribution < -0.4 is 5.32 Å². The molecular formula is C36H50N2O5S. The fourth-order valence-electron chi connectivity index (χ4n) is 5.44. The Morgan fingerprint density at radius 2 is 1.68 bits per heavy atom. The van der Waals surface area contributed by atoms with Gasteiger partial charge in [-0.25, -0.2) is 4.79 Å². The summed E-state index contributed by atoms with van der Waals surface area (Å²) >= 11 is 1.56. The number of nitrogens with zero attached hydrogens (tertiary/aromatic N) is 1. The van der Waals surface area contributed by atoms with Crippen LogP contribution in [0.2, 0.25) is 0 Å². The minimum absolute atomic E-state index is 0.330. The molecule has 1 heterocycles. The van der Waals surface area contributed by atoms with Gasteiger partial charge in [0.15, 0.2) is 0 Å². The van der Waals surface area contributed by atoms with Crippen LogP contribution in [-0.2, 0) is 22.7 Å². The highest BCUT2D eigenvalue weighted by Crippen LogP contribution is 2.31. The molecule has 0 aliphatic carbocycles. The maximum atomic E-state index is 13.4. The lowest BCUT2D eigenvalue weighted by molar-refractivity contribution is -0.139. The number of carbonyl (C=O) groups excluding carboxylic acids is 1. The molecule has 1 aliphatic heterocycles. The molecule has 44 heavy (non-hydrogen) atoms. The third kappa shape index (κ3) is 11.1. The third-order valence-electron chi connectivity index (χ3n) is 7.52. The second kappa shape index (κ2) is 20.0. The van der Waals surface area contributed by atoms with Gasteiger partial charge in [0, 0.05) is 31.8 Å². The summed E-state index contributed by atoms with van der Waals surface area (Å²) in [5.74, 6) is -0.133. The third-order valence-corrected chi connectivity index (χ3v) is 8.17. The number of thioether (sulfide) groups is 1. The quantitative estimate of drug-likeness (QED) is 0.196. The molecule has 1 aliphatic rings. The van der Waals surface area contributed by atoms with Gasteiger partial charge in [0.05, 0.1) is 13.2 Å². The molecule has 3 atom stereocenters. The molecular weight excluding hydrogens is 572 g/mol. The lowest BCUT2D eigenvalue weighted by atomic mass is 9.93. The lowest BCUT2D eigenvalue weighted by Crippen LogP contribution is -2.41. The number of nitrogens with one attached hydrogen (secondary N) is 1. The normalized spacial score (nSPS) is 16.6. The van der Waals surface area contributed by atoms with Crippen LogP contribution in [0.1, 0.15) is 60.7 Å². The van der Waals surface area contributed by atoms with Crippen molar-refractivity contribution < 1.29 is 24.5 Å². The van der Waals surface area contributed by atoms with E-state index in [1.165, 1.54) is 5.56 Å². The van der Waals surface area contributed by atoms with Gasteiger partial charge in [-0.1, -0.05) is 81.4 Å². The largest absolute Gasteiger partial charge is 0.480 e. The summed E-state index contributed by atoms with van der Waals surface area (Å²) in [5.41, 5.74) is 5.65. The number of ether oxygens (including phenoxy) is 1. The van der Waals surface area contributed by atoms with Crippen LogP contribution in [0.15, 0.2) is 72.8 Å². The standard InChI is InChI=1S/C33H40N2O4S.C2H6.CH4O/c1-23-17-27(22-39-21-25-10-5-4-6-11-25)35(19-23)20-26-13-14-29(30(18-26)28-12-8-7-9-24(28)2)32(36)34-31(33(37)38)15-16-40-3;2*1-2/h4-14,18,23,27,31H,15-17,19-22H2,1-3H3,(H,34,36)(H,37,38);1-2H3;2H,1H3. The summed E-state index contributed by atoms with van der Waals surface area (Å²) < 4.78 is 6.12. The minimum Gasteiger partial charge on any atom is -0.480 e. The molecule has 3 aromatic carbocycles. The van der Waals surface area contributed by atoms with Gasteiger partial charge in [-0.15, -0.1) is 0 Å². The summed E-state index contributed by atoms with van der Waals surface area (Å²) in [4.78, 5) is 27.7. The van der Waals surface area contributed by atoms with E-state index in [1.54, 1.807) is 11.8 Å². The Hall–Kier alpha value is -3.17. The van der Waals surface area contributed by atoms with Crippen molar-refractivity contribution in [2.45, 2.75) is 65.8 Å². The van der Waals surface area contributed by atoms with Crippen molar-refractivity contribution in [3.8, 4) is 11.1 Å². The highest BCUT2D eigenvalue weighted by Gasteiger charge is 2.30. The fourth-order valence-corrected chi connectivity index (χ4v) is 5.91. The summed E-state index contributed by atoms with van der Waals surface area (Å²) in [6.45, 7) is 11.4. The van der Waals surface area contributed by atoms with E-state index in [2.05, 4.69) is 35.3 Å². The average molecular weight is 623 g/mol. The van der Waals surface area contributed by atoms with E-state index in [4.69, 9.17) is 9.84 Å². The summed E-state index contributed by atoms with van der Waals surface area (Å²) in [7, 11) is 1.00. The Balaban J connectivity index is 0.00000162. The van der Waals surface area contributed by atoms with Gasteiger partial charge >= 0.3 is 5.97 Å². The number of hydrogen-bond donors (Lipinski definition) is 3. The highest BCUT2D eigenvalue weighted by molar-refractivity contribution is 7.98. The van der Waals surface area contributed by atoms with E-state index in [0.29, 0.717) is 42.9 Å². The number of hydrogen-bond acceptors (Lipinski definition) is 6. The van der Waals surface area contributed by atoms with Crippen LogP contribution in [0.25, 0.3) is 11.1 Å². The summed E-state index contributed by atoms with van der Waals surface area (Å²) in [6, 6.07) is 23.6. The van der Waals surface area contributed by atoms with E-state index in [-0.39, 0.29) is 5.91 Å². The van der Waals surface area contributed by atoms with E-state index in [1.807, 2.05) is 81.6 Å². The van der Waals surface area contributed by atoms with Gasteiger partial charge in [-0.2, -0.15) is 11.8 Å². The molecule has 3 unspecified atom stereocenters. The molecule has 1 fully saturated rings. The van der Waals surface area contributed by atoms with Gasteiger partial charge in [-0.05, 0) is 77.6 Å². The second-order valence-corrected chi connectivity index (χ2v) is 11.8. The summed E-state index contributed by atoms with van der Waals surface area (Å²) in [5, 5.41) is 19.4. The smallest absolute Gasteiger partial charge is 0.326 e. The Kier molecular flexibility index (Phi) is 16.8. The van der Waals surface area contributed by atoms with Gasteiger partial charge in [0.25, 0.3) is 5.91 Å². The number of carboxylic acid groups (broad SMARTS) is 1. The van der Waals surface area contributed by atoms with Gasteiger partial charge in [-0.3, -0.25) is 9.69 Å². The van der Waals surface area contributed by atoms with Crippen molar-refractivity contribution in [1.29, 1.82) is 0 Å². The Labute approximate surface area is 268 Å². The SMILES string of the molecule is CC.CO.CSCCC(NC(=O)c1ccc(CN2CC(C)CC2COCc2ccccc2)cc1-c1ccccc1C)C(=O)O. The van der Waals surface area contributed by atoms with Crippen molar-refractivity contribution in [2.75, 3.05) is 32.3 Å². The van der Waals surface area contributed by atoms with E-state index >= 15 is 0 Å². The van der Waals surface area contributed by atoms with Gasteiger partial charge in [0.2, 0.25) is 0 Å². The van der Waals surface area contributed by atoms with E-state index in [9.17, 15) is 14.7 Å². The zero-order chi connectivity index (χ0) is 32.5. The molecule has 240 valence electrons. The molecule has 4 rings (SSSR count). The molecule has 0 bridgehead atoms. The highest BCUT2D eigenvalue weighted by atomic mass is 32.2. The summed E-state index contributed by atoms with van der Waals surface area (Å²) in [6.07, 6.45) is 3.39. The second-order valence-electron chi connectivity index (χ2n) is 10.8. The molecule has 8 heteroatoms. The van der Waals surface area contributed by atoms with Crippen LogP contribution in [0, 0.1) is 12.8 Å². The zero-order valence-corrected chi connectivity index (χ0v) is 27.9. The number of amides is 1. The minimum atomic E-state index is -1.01. The van der Waals surface area contributed by atoms with Gasteiger partial charge in [0.1, 0.15) is 6.04 Å². The number of carboxylic acids is 1. The number of likely N-dealkylation sites (tertiary alicyclic amines) is 1. The topological polar surface area (TPSA) is 99.1 Å². The first kappa shape index (κ1) is 37.0. The number of carbonyl (C=O) groups is 2. The van der Waals surface area contributed by atoms with Crippen LogP contribution in [-0.4, -0.2) is 71.3 Å². The van der Waals surface area contributed by atoms with E-state index < -0.39 is 12.0 Å². The molecule has 1 saturated heterocycles. The zero-order valence-electron chi connectivity index (χ0n) is 27.1. The van der Waals surface area contributed by atoms with Crippen LogP contribution >= 0.6 is 11.8 Å². The van der Waals surface area contributed by atoms with Crippen molar-refractivity contribution in [3.05, 3.63) is 95.1 Å². The Morgan fingerprint density at radius 3 is 2.34 bits per heavy atom.